The molecule has 0 saturated carbocycles. The van der Waals surface area contributed by atoms with Gasteiger partial charge in [0, 0.05) is 30.4 Å². The van der Waals surface area contributed by atoms with Crippen molar-refractivity contribution in [3.63, 3.8) is 0 Å². The fourth-order valence-corrected chi connectivity index (χ4v) is 2.38. The zero-order chi connectivity index (χ0) is 14.7. The monoisotopic (exact) mass is 292 g/mol. The summed E-state index contributed by atoms with van der Waals surface area (Å²) in [5.41, 5.74) is 2.69. The van der Waals surface area contributed by atoms with E-state index in [-0.39, 0.29) is 11.9 Å². The van der Waals surface area contributed by atoms with Crippen molar-refractivity contribution in [3.8, 4) is 0 Å². The molecule has 0 radical (unpaired) electrons. The molecule has 0 aromatic heterocycles. The predicted molar refractivity (Wildman–Crippen MR) is 83.1 cm³/mol. The lowest BCUT2D eigenvalue weighted by atomic mass is 9.98. The van der Waals surface area contributed by atoms with E-state index < -0.39 is 0 Å². The first-order valence-corrected chi connectivity index (χ1v) is 6.80. The standard InChI is InChI=1S/C16H18ClFN2/c1-19-16(14-8-7-12(17)10-15(14)18)11-5-4-6-13(9-11)20(2)3/h4-10,16,19H,1-3H3. The molecule has 4 heteroatoms. The van der Waals surface area contributed by atoms with Crippen LogP contribution in [0, 0.1) is 5.82 Å². The minimum atomic E-state index is -0.299. The van der Waals surface area contributed by atoms with Crippen LogP contribution in [0.15, 0.2) is 42.5 Å². The first kappa shape index (κ1) is 14.8. The van der Waals surface area contributed by atoms with Crippen molar-refractivity contribution >= 4 is 17.3 Å². The van der Waals surface area contributed by atoms with Crippen molar-refractivity contribution < 1.29 is 4.39 Å². The highest BCUT2D eigenvalue weighted by atomic mass is 35.5. The molecule has 2 nitrogen and oxygen atoms in total. The Morgan fingerprint density at radius 2 is 1.90 bits per heavy atom. The minimum absolute atomic E-state index is 0.202. The van der Waals surface area contributed by atoms with E-state index >= 15 is 0 Å². The number of halogens is 2. The van der Waals surface area contributed by atoms with E-state index in [9.17, 15) is 4.39 Å². The molecule has 106 valence electrons. The fraction of sp³-hybridized carbons (Fsp3) is 0.250. The molecule has 0 aliphatic heterocycles. The van der Waals surface area contributed by atoms with Crippen LogP contribution in [0.2, 0.25) is 5.02 Å². The average Bonchev–Trinajstić information content (AvgIpc) is 2.42. The topological polar surface area (TPSA) is 15.3 Å². The predicted octanol–water partition coefficient (Wildman–Crippen LogP) is 3.85. The SMILES string of the molecule is CNC(c1cccc(N(C)C)c1)c1ccc(Cl)cc1F. The summed E-state index contributed by atoms with van der Waals surface area (Å²) in [5, 5.41) is 3.57. The van der Waals surface area contributed by atoms with Gasteiger partial charge in [-0.3, -0.25) is 0 Å². The van der Waals surface area contributed by atoms with Gasteiger partial charge in [0.2, 0.25) is 0 Å². The summed E-state index contributed by atoms with van der Waals surface area (Å²) in [6, 6.07) is 12.6. The van der Waals surface area contributed by atoms with Crippen LogP contribution >= 0.6 is 11.6 Å². The lowest BCUT2D eigenvalue weighted by Gasteiger charge is -2.20. The molecule has 0 amide bonds. The Labute approximate surface area is 124 Å². The van der Waals surface area contributed by atoms with Crippen LogP contribution in [0.4, 0.5) is 10.1 Å². The number of benzene rings is 2. The summed E-state index contributed by atoms with van der Waals surface area (Å²) in [6.45, 7) is 0. The molecule has 0 aliphatic rings. The highest BCUT2D eigenvalue weighted by molar-refractivity contribution is 6.30. The van der Waals surface area contributed by atoms with Crippen LogP contribution in [0.1, 0.15) is 17.2 Å². The summed E-state index contributed by atoms with van der Waals surface area (Å²) in [7, 11) is 5.79. The van der Waals surface area contributed by atoms with Crippen molar-refractivity contribution in [3.05, 3.63) is 64.4 Å². The van der Waals surface area contributed by atoms with Crippen molar-refractivity contribution in [1.29, 1.82) is 0 Å². The maximum absolute atomic E-state index is 14.1. The third-order valence-corrected chi connectivity index (χ3v) is 3.52. The molecular formula is C16H18ClFN2. The van der Waals surface area contributed by atoms with Gasteiger partial charge in [0.1, 0.15) is 5.82 Å². The molecule has 0 spiro atoms. The van der Waals surface area contributed by atoms with Gasteiger partial charge in [-0.15, -0.1) is 0 Å². The third-order valence-electron chi connectivity index (χ3n) is 3.28. The van der Waals surface area contributed by atoms with Gasteiger partial charge in [-0.25, -0.2) is 4.39 Å². The molecule has 0 aliphatic carbocycles. The van der Waals surface area contributed by atoms with Gasteiger partial charge in [-0.1, -0.05) is 29.8 Å². The van der Waals surface area contributed by atoms with Gasteiger partial charge >= 0.3 is 0 Å². The third kappa shape index (κ3) is 3.11. The van der Waals surface area contributed by atoms with Crippen LogP contribution in [0.25, 0.3) is 0 Å². The average molecular weight is 293 g/mol. The van der Waals surface area contributed by atoms with Gasteiger partial charge < -0.3 is 10.2 Å². The molecule has 20 heavy (non-hydrogen) atoms. The van der Waals surface area contributed by atoms with E-state index in [0.29, 0.717) is 10.6 Å². The second-order valence-corrected chi connectivity index (χ2v) is 5.31. The van der Waals surface area contributed by atoms with E-state index in [1.807, 2.05) is 44.2 Å². The maximum atomic E-state index is 14.1. The molecule has 2 aromatic carbocycles. The van der Waals surface area contributed by atoms with Crippen molar-refractivity contribution in [2.75, 3.05) is 26.0 Å². The van der Waals surface area contributed by atoms with Crippen molar-refractivity contribution in [1.82, 2.24) is 5.32 Å². The lowest BCUT2D eigenvalue weighted by molar-refractivity contribution is 0.576. The molecule has 1 N–H and O–H groups in total. The Morgan fingerprint density at radius 3 is 2.50 bits per heavy atom. The van der Waals surface area contributed by atoms with Crippen molar-refractivity contribution in [2.45, 2.75) is 6.04 Å². The van der Waals surface area contributed by atoms with Gasteiger partial charge in [0.15, 0.2) is 0 Å². The van der Waals surface area contributed by atoms with E-state index in [1.165, 1.54) is 6.07 Å². The number of nitrogens with one attached hydrogen (secondary N) is 1. The molecule has 2 aromatic rings. The zero-order valence-electron chi connectivity index (χ0n) is 11.8. The largest absolute Gasteiger partial charge is 0.378 e. The zero-order valence-corrected chi connectivity index (χ0v) is 12.6. The summed E-state index contributed by atoms with van der Waals surface area (Å²) in [4.78, 5) is 2.02. The first-order chi connectivity index (χ1) is 9.52. The molecule has 1 unspecified atom stereocenters. The van der Waals surface area contributed by atoms with Crippen LogP contribution in [0.3, 0.4) is 0 Å². The van der Waals surface area contributed by atoms with Crippen LogP contribution in [0.5, 0.6) is 0 Å². The first-order valence-electron chi connectivity index (χ1n) is 6.42. The number of rotatable bonds is 4. The maximum Gasteiger partial charge on any atom is 0.129 e. The smallest absolute Gasteiger partial charge is 0.129 e. The number of anilines is 1. The Kier molecular flexibility index (Phi) is 4.63. The van der Waals surface area contributed by atoms with Crippen LogP contribution in [-0.4, -0.2) is 21.1 Å². The van der Waals surface area contributed by atoms with Gasteiger partial charge in [0.25, 0.3) is 0 Å². The van der Waals surface area contributed by atoms with Gasteiger partial charge in [0.05, 0.1) is 6.04 Å². The van der Waals surface area contributed by atoms with E-state index in [1.54, 1.807) is 12.1 Å². The number of hydrogen-bond donors (Lipinski definition) is 1. The molecule has 0 bridgehead atoms. The molecule has 2 rings (SSSR count). The summed E-state index contributed by atoms with van der Waals surface area (Å²) < 4.78 is 14.1. The van der Waals surface area contributed by atoms with Gasteiger partial charge in [-0.2, -0.15) is 0 Å². The van der Waals surface area contributed by atoms with Crippen LogP contribution < -0.4 is 10.2 Å². The van der Waals surface area contributed by atoms with Gasteiger partial charge in [-0.05, 0) is 36.9 Å². The Hall–Kier alpha value is -1.58. The molecular weight excluding hydrogens is 275 g/mol. The summed E-state index contributed by atoms with van der Waals surface area (Å²) in [6.07, 6.45) is 0. The Morgan fingerprint density at radius 1 is 1.15 bits per heavy atom. The van der Waals surface area contributed by atoms with E-state index in [0.717, 1.165) is 11.3 Å². The Balaban J connectivity index is 2.44. The molecule has 0 heterocycles. The summed E-state index contributed by atoms with van der Waals surface area (Å²) in [5.74, 6) is -0.299. The highest BCUT2D eigenvalue weighted by Crippen LogP contribution is 2.28. The summed E-state index contributed by atoms with van der Waals surface area (Å²) >= 11 is 5.81. The number of hydrogen-bond acceptors (Lipinski definition) is 2. The lowest BCUT2D eigenvalue weighted by Crippen LogP contribution is -2.19. The number of nitrogens with zero attached hydrogens (tertiary/aromatic N) is 1. The quantitative estimate of drug-likeness (QED) is 0.921. The normalized spacial score (nSPS) is 12.2. The highest BCUT2D eigenvalue weighted by Gasteiger charge is 2.17. The second-order valence-electron chi connectivity index (χ2n) is 4.88. The van der Waals surface area contributed by atoms with Crippen LogP contribution in [-0.2, 0) is 0 Å². The molecule has 0 fully saturated rings. The van der Waals surface area contributed by atoms with E-state index in [2.05, 4.69) is 11.4 Å². The second kappa shape index (κ2) is 6.25. The van der Waals surface area contributed by atoms with E-state index in [4.69, 9.17) is 11.6 Å². The molecule has 0 saturated heterocycles. The van der Waals surface area contributed by atoms with Crippen molar-refractivity contribution in [2.24, 2.45) is 0 Å². The molecule has 1 atom stereocenters. The Bertz CT molecular complexity index is 599. The minimum Gasteiger partial charge on any atom is -0.378 e. The fourth-order valence-electron chi connectivity index (χ4n) is 2.22.